The Morgan fingerprint density at radius 2 is 1.37 bits per heavy atom. The number of anilines is 1. The van der Waals surface area contributed by atoms with Gasteiger partial charge in [-0.25, -0.2) is 4.79 Å². The predicted octanol–water partition coefficient (Wildman–Crippen LogP) is 5.78. The fourth-order valence-corrected chi connectivity index (χ4v) is 7.23. The SMILES string of the molecule is CC(C)C[C@@H](C(=O)OCC(=O)Nc1ccc(Cl)cc1Cl)N1C(=O)[C@@H]2C3c4ccccc4C(c4ccccc43)[C@@H]2C1=O. The van der Waals surface area contributed by atoms with Crippen LogP contribution in [0.25, 0.3) is 0 Å². The number of rotatable bonds is 7. The molecule has 0 unspecified atom stereocenters. The maximum absolute atomic E-state index is 14.1. The number of halogens is 2. The molecule has 0 saturated carbocycles. The zero-order valence-corrected chi connectivity index (χ0v) is 24.0. The highest BCUT2D eigenvalue weighted by Crippen LogP contribution is 2.61. The molecule has 1 heterocycles. The van der Waals surface area contributed by atoms with Gasteiger partial charge in [-0.3, -0.25) is 19.3 Å². The molecule has 3 aromatic rings. The van der Waals surface area contributed by atoms with E-state index in [1.54, 1.807) is 12.1 Å². The molecule has 210 valence electrons. The Bertz CT molecular complexity index is 1470. The first kappa shape index (κ1) is 27.5. The van der Waals surface area contributed by atoms with Crippen molar-refractivity contribution in [3.63, 3.8) is 0 Å². The van der Waals surface area contributed by atoms with Crippen LogP contribution in [0.15, 0.2) is 66.7 Å². The molecule has 3 amide bonds. The van der Waals surface area contributed by atoms with Gasteiger partial charge in [0, 0.05) is 16.9 Å². The highest BCUT2D eigenvalue weighted by molar-refractivity contribution is 6.36. The summed E-state index contributed by atoms with van der Waals surface area (Å²) >= 11 is 12.0. The average molecular weight is 591 g/mol. The van der Waals surface area contributed by atoms with Crippen molar-refractivity contribution in [3.05, 3.63) is 99.0 Å². The van der Waals surface area contributed by atoms with Crippen molar-refractivity contribution in [2.45, 2.75) is 38.1 Å². The molecule has 0 radical (unpaired) electrons. The van der Waals surface area contributed by atoms with Crippen molar-refractivity contribution in [1.82, 2.24) is 4.90 Å². The van der Waals surface area contributed by atoms with Crippen LogP contribution in [0.3, 0.4) is 0 Å². The molecule has 7 nitrogen and oxygen atoms in total. The first-order chi connectivity index (χ1) is 19.7. The maximum atomic E-state index is 14.1. The number of imide groups is 1. The summed E-state index contributed by atoms with van der Waals surface area (Å²) in [5, 5.41) is 3.24. The topological polar surface area (TPSA) is 92.8 Å². The van der Waals surface area contributed by atoms with Gasteiger partial charge >= 0.3 is 5.97 Å². The first-order valence-electron chi connectivity index (χ1n) is 13.6. The zero-order valence-electron chi connectivity index (χ0n) is 22.5. The standard InChI is InChI=1S/C32H28Cl2N2O5/c1-16(2)13-24(32(40)41-15-25(37)35-23-12-11-17(33)14-22(23)34)36-30(38)28-26-18-7-3-4-8-19(18)27(29(28)31(36)39)21-10-6-5-9-20(21)26/h3-12,14,16,24,26-29H,13,15H2,1-2H3,(H,35,37)/t24-,26?,27?,28-,29+/m0/s1. The van der Waals surface area contributed by atoms with E-state index < -0.39 is 36.4 Å². The number of hydrogen-bond donors (Lipinski definition) is 1. The molecule has 41 heavy (non-hydrogen) atoms. The van der Waals surface area contributed by atoms with Crippen LogP contribution < -0.4 is 5.32 Å². The van der Waals surface area contributed by atoms with Gasteiger partial charge in [0.25, 0.3) is 5.91 Å². The molecular formula is C32H28Cl2N2O5. The van der Waals surface area contributed by atoms with Gasteiger partial charge in [-0.05, 0) is 52.8 Å². The van der Waals surface area contributed by atoms with Crippen LogP contribution in [0.5, 0.6) is 0 Å². The molecule has 0 spiro atoms. The second-order valence-electron chi connectivity index (χ2n) is 11.2. The lowest BCUT2D eigenvalue weighted by atomic mass is 9.55. The lowest BCUT2D eigenvalue weighted by molar-refractivity contribution is -0.160. The Kier molecular flexibility index (Phi) is 7.12. The minimum Gasteiger partial charge on any atom is -0.454 e. The van der Waals surface area contributed by atoms with Gasteiger partial charge < -0.3 is 10.1 Å². The average Bonchev–Trinajstić information content (AvgIpc) is 3.22. The van der Waals surface area contributed by atoms with E-state index in [-0.39, 0.29) is 41.0 Å². The van der Waals surface area contributed by atoms with E-state index in [9.17, 15) is 19.2 Å². The van der Waals surface area contributed by atoms with Crippen molar-refractivity contribution >= 4 is 52.6 Å². The maximum Gasteiger partial charge on any atom is 0.329 e. The van der Waals surface area contributed by atoms with Crippen molar-refractivity contribution in [2.24, 2.45) is 17.8 Å². The molecular weight excluding hydrogens is 563 g/mol. The van der Waals surface area contributed by atoms with E-state index in [2.05, 4.69) is 5.32 Å². The van der Waals surface area contributed by atoms with Crippen LogP contribution in [0.4, 0.5) is 5.69 Å². The molecule has 3 aromatic carbocycles. The largest absolute Gasteiger partial charge is 0.454 e. The van der Waals surface area contributed by atoms with Crippen LogP contribution in [0.2, 0.25) is 10.0 Å². The number of esters is 1. The number of nitrogens with zero attached hydrogens (tertiary/aromatic N) is 1. The highest BCUT2D eigenvalue weighted by Gasteiger charge is 2.63. The second kappa shape index (κ2) is 10.6. The molecule has 3 atom stereocenters. The molecule has 0 aromatic heterocycles. The van der Waals surface area contributed by atoms with Gasteiger partial charge in [-0.2, -0.15) is 0 Å². The summed E-state index contributed by atoms with van der Waals surface area (Å²) in [7, 11) is 0. The van der Waals surface area contributed by atoms with Crippen molar-refractivity contribution in [2.75, 3.05) is 11.9 Å². The number of carbonyl (C=O) groups is 4. The zero-order chi connectivity index (χ0) is 29.0. The molecule has 9 heteroatoms. The summed E-state index contributed by atoms with van der Waals surface area (Å²) in [6, 6.07) is 19.4. The summed E-state index contributed by atoms with van der Waals surface area (Å²) < 4.78 is 5.39. The third-order valence-corrected chi connectivity index (χ3v) is 8.86. The lowest BCUT2D eigenvalue weighted by Gasteiger charge is -2.45. The Morgan fingerprint density at radius 1 is 0.854 bits per heavy atom. The molecule has 4 aliphatic rings. The predicted molar refractivity (Wildman–Crippen MR) is 155 cm³/mol. The number of benzene rings is 3. The normalized spacial score (nSPS) is 22.7. The quantitative estimate of drug-likeness (QED) is 0.278. The minimum absolute atomic E-state index is 0.0244. The number of amides is 3. The van der Waals surface area contributed by atoms with E-state index in [4.69, 9.17) is 27.9 Å². The van der Waals surface area contributed by atoms with Gasteiger partial charge in [-0.1, -0.05) is 85.6 Å². The number of carbonyl (C=O) groups excluding carboxylic acids is 4. The summed E-state index contributed by atoms with van der Waals surface area (Å²) in [6.07, 6.45) is 0.218. The molecule has 1 saturated heterocycles. The van der Waals surface area contributed by atoms with Crippen LogP contribution in [-0.2, 0) is 23.9 Å². The molecule has 2 bridgehead atoms. The Labute approximate surface area is 247 Å². The first-order valence-corrected chi connectivity index (χ1v) is 14.4. The van der Waals surface area contributed by atoms with Crippen LogP contribution in [-0.4, -0.2) is 41.2 Å². The third-order valence-electron chi connectivity index (χ3n) is 8.31. The molecule has 1 aliphatic heterocycles. The Hall–Kier alpha value is -3.68. The number of ether oxygens (including phenoxy) is 1. The van der Waals surface area contributed by atoms with Crippen molar-refractivity contribution < 1.29 is 23.9 Å². The van der Waals surface area contributed by atoms with Gasteiger partial charge in [0.1, 0.15) is 6.04 Å². The van der Waals surface area contributed by atoms with Gasteiger partial charge in [0.15, 0.2) is 6.61 Å². The Balaban J connectivity index is 1.26. The minimum atomic E-state index is -1.14. The van der Waals surface area contributed by atoms with Gasteiger partial charge in [-0.15, -0.1) is 0 Å². The summed E-state index contributed by atoms with van der Waals surface area (Å²) in [6.45, 7) is 3.21. The number of hydrogen-bond acceptors (Lipinski definition) is 5. The van der Waals surface area contributed by atoms with E-state index in [1.807, 2.05) is 62.4 Å². The lowest BCUT2D eigenvalue weighted by Crippen LogP contribution is -2.47. The number of likely N-dealkylation sites (tertiary alicyclic amines) is 1. The molecule has 3 aliphatic carbocycles. The third kappa shape index (κ3) is 4.61. The fraction of sp³-hybridized carbons (Fsp3) is 0.312. The summed E-state index contributed by atoms with van der Waals surface area (Å²) in [5.41, 5.74) is 4.54. The number of nitrogens with one attached hydrogen (secondary N) is 1. The van der Waals surface area contributed by atoms with Crippen LogP contribution in [0, 0.1) is 17.8 Å². The second-order valence-corrected chi connectivity index (χ2v) is 12.1. The van der Waals surface area contributed by atoms with E-state index in [0.29, 0.717) is 10.7 Å². The molecule has 1 N–H and O–H groups in total. The summed E-state index contributed by atoms with van der Waals surface area (Å²) in [4.78, 5) is 55.4. The van der Waals surface area contributed by atoms with Crippen LogP contribution in [0.1, 0.15) is 54.4 Å². The smallest absolute Gasteiger partial charge is 0.329 e. The van der Waals surface area contributed by atoms with Crippen molar-refractivity contribution in [1.29, 1.82) is 0 Å². The van der Waals surface area contributed by atoms with Gasteiger partial charge in [0.2, 0.25) is 11.8 Å². The Morgan fingerprint density at radius 3 is 1.83 bits per heavy atom. The fourth-order valence-electron chi connectivity index (χ4n) is 6.77. The highest BCUT2D eigenvalue weighted by atomic mass is 35.5. The van der Waals surface area contributed by atoms with Gasteiger partial charge in [0.05, 0.1) is 22.5 Å². The van der Waals surface area contributed by atoms with E-state index in [0.717, 1.165) is 27.2 Å². The molecule has 7 rings (SSSR count). The van der Waals surface area contributed by atoms with Crippen LogP contribution >= 0.6 is 23.2 Å². The van der Waals surface area contributed by atoms with E-state index >= 15 is 0 Å². The monoisotopic (exact) mass is 590 g/mol. The van der Waals surface area contributed by atoms with E-state index in [1.165, 1.54) is 6.07 Å². The van der Waals surface area contributed by atoms with Crippen molar-refractivity contribution in [3.8, 4) is 0 Å². The summed E-state index contributed by atoms with van der Waals surface area (Å²) in [5.74, 6) is -3.90. The molecule has 1 fully saturated rings.